The average molecular weight is 462 g/mol. The standard InChI is InChI=1S/C22H27N3O4S2/c1-3-29-21(26)17-7-9-18(10-8-17)23-22(30)24-19-11-13-20(14-12-19)31(27,28)25-15-5-4-6-16(25)2/h7-14,16H,3-6,15H2,1-2H3,(H2,23,24,30)/t16-/m1/s1. The third kappa shape index (κ3) is 5.81. The maximum Gasteiger partial charge on any atom is 0.338 e. The zero-order chi connectivity index (χ0) is 22.4. The molecule has 166 valence electrons. The van der Waals surface area contributed by atoms with Crippen molar-refractivity contribution in [1.82, 2.24) is 4.31 Å². The molecule has 3 rings (SSSR count). The quantitative estimate of drug-likeness (QED) is 0.491. The van der Waals surface area contributed by atoms with Gasteiger partial charge in [-0.15, -0.1) is 0 Å². The molecule has 1 atom stereocenters. The van der Waals surface area contributed by atoms with Gasteiger partial charge >= 0.3 is 5.97 Å². The smallest absolute Gasteiger partial charge is 0.338 e. The van der Waals surface area contributed by atoms with Crippen LogP contribution in [-0.2, 0) is 14.8 Å². The highest BCUT2D eigenvalue weighted by atomic mass is 32.2. The molecule has 0 radical (unpaired) electrons. The van der Waals surface area contributed by atoms with Gasteiger partial charge in [-0.3, -0.25) is 0 Å². The summed E-state index contributed by atoms with van der Waals surface area (Å²) in [5, 5.41) is 6.42. The van der Waals surface area contributed by atoms with Crippen LogP contribution in [0.25, 0.3) is 0 Å². The molecule has 1 fully saturated rings. The number of benzene rings is 2. The Kier molecular flexibility index (Phi) is 7.64. The maximum absolute atomic E-state index is 12.9. The second-order valence-corrected chi connectivity index (χ2v) is 9.66. The van der Waals surface area contributed by atoms with E-state index in [-0.39, 0.29) is 16.9 Å². The lowest BCUT2D eigenvalue weighted by atomic mass is 10.1. The Morgan fingerprint density at radius 1 is 1.06 bits per heavy atom. The normalized spacial score (nSPS) is 17.0. The molecule has 2 aromatic carbocycles. The van der Waals surface area contributed by atoms with E-state index in [1.165, 1.54) is 0 Å². The number of esters is 1. The van der Waals surface area contributed by atoms with Crippen LogP contribution in [-0.4, -0.2) is 43.0 Å². The van der Waals surface area contributed by atoms with Crippen LogP contribution in [0.15, 0.2) is 53.4 Å². The summed E-state index contributed by atoms with van der Waals surface area (Å²) in [4.78, 5) is 12.0. The van der Waals surface area contributed by atoms with Gasteiger partial charge in [0.15, 0.2) is 5.11 Å². The fourth-order valence-corrected chi connectivity index (χ4v) is 5.41. The Morgan fingerprint density at radius 3 is 2.19 bits per heavy atom. The van der Waals surface area contributed by atoms with Gasteiger partial charge in [-0.05, 0) is 87.4 Å². The zero-order valence-corrected chi connectivity index (χ0v) is 19.3. The molecule has 7 nitrogen and oxygen atoms in total. The van der Waals surface area contributed by atoms with E-state index in [0.29, 0.717) is 35.2 Å². The molecule has 0 unspecified atom stereocenters. The summed E-state index contributed by atoms with van der Waals surface area (Å²) in [7, 11) is -3.50. The molecule has 31 heavy (non-hydrogen) atoms. The van der Waals surface area contributed by atoms with Crippen molar-refractivity contribution in [1.29, 1.82) is 0 Å². The number of anilines is 2. The van der Waals surface area contributed by atoms with Crippen LogP contribution in [0.1, 0.15) is 43.5 Å². The van der Waals surface area contributed by atoms with Crippen molar-refractivity contribution in [2.24, 2.45) is 0 Å². The summed E-state index contributed by atoms with van der Waals surface area (Å²) in [5.74, 6) is -0.372. The molecule has 0 bridgehead atoms. The zero-order valence-electron chi connectivity index (χ0n) is 17.6. The van der Waals surface area contributed by atoms with Gasteiger partial charge < -0.3 is 15.4 Å². The summed E-state index contributed by atoms with van der Waals surface area (Å²) >= 11 is 5.33. The number of piperidine rings is 1. The lowest BCUT2D eigenvalue weighted by Gasteiger charge is -2.32. The van der Waals surface area contributed by atoms with Gasteiger partial charge in [0.2, 0.25) is 10.0 Å². The number of rotatable bonds is 6. The minimum absolute atomic E-state index is 0.0172. The van der Waals surface area contributed by atoms with E-state index in [1.807, 2.05) is 6.92 Å². The first-order chi connectivity index (χ1) is 14.8. The van der Waals surface area contributed by atoms with Gasteiger partial charge in [0.25, 0.3) is 0 Å². The van der Waals surface area contributed by atoms with E-state index in [2.05, 4.69) is 10.6 Å². The van der Waals surface area contributed by atoms with E-state index in [4.69, 9.17) is 17.0 Å². The molecule has 1 aliphatic rings. The Hall–Kier alpha value is -2.49. The summed E-state index contributed by atoms with van der Waals surface area (Å²) in [5.41, 5.74) is 1.85. The average Bonchev–Trinajstić information content (AvgIpc) is 2.75. The molecule has 1 saturated heterocycles. The van der Waals surface area contributed by atoms with Crippen LogP contribution in [0.4, 0.5) is 11.4 Å². The molecule has 2 aromatic rings. The van der Waals surface area contributed by atoms with Crippen molar-refractivity contribution in [3.05, 3.63) is 54.1 Å². The Balaban J connectivity index is 1.60. The molecule has 2 N–H and O–H groups in total. The summed E-state index contributed by atoms with van der Waals surface area (Å²) in [6.45, 7) is 4.60. The Bertz CT molecular complexity index is 1020. The minimum atomic E-state index is -3.50. The van der Waals surface area contributed by atoms with Gasteiger partial charge in [-0.2, -0.15) is 4.31 Å². The first-order valence-electron chi connectivity index (χ1n) is 10.3. The predicted octanol–water partition coefficient (Wildman–Crippen LogP) is 4.24. The lowest BCUT2D eigenvalue weighted by molar-refractivity contribution is 0.0526. The molecule has 0 spiro atoms. The second-order valence-electron chi connectivity index (χ2n) is 7.36. The molecule has 0 amide bonds. The van der Waals surface area contributed by atoms with E-state index in [0.717, 1.165) is 19.3 Å². The van der Waals surface area contributed by atoms with Crippen molar-refractivity contribution in [2.45, 2.75) is 44.0 Å². The molecular formula is C22H27N3O4S2. The number of carbonyl (C=O) groups is 1. The molecular weight excluding hydrogens is 434 g/mol. The Labute approximate surface area is 188 Å². The number of hydrogen-bond donors (Lipinski definition) is 2. The summed E-state index contributed by atoms with van der Waals surface area (Å²) in [6, 6.07) is 13.4. The Morgan fingerprint density at radius 2 is 1.65 bits per heavy atom. The topological polar surface area (TPSA) is 87.7 Å². The largest absolute Gasteiger partial charge is 0.462 e. The van der Waals surface area contributed by atoms with Crippen LogP contribution in [0, 0.1) is 0 Å². The van der Waals surface area contributed by atoms with Crippen LogP contribution < -0.4 is 10.6 Å². The number of sulfonamides is 1. The van der Waals surface area contributed by atoms with Crippen molar-refractivity contribution in [3.8, 4) is 0 Å². The van der Waals surface area contributed by atoms with E-state index in [9.17, 15) is 13.2 Å². The van der Waals surface area contributed by atoms with Gasteiger partial charge in [0.05, 0.1) is 17.1 Å². The molecule has 0 aliphatic carbocycles. The second kappa shape index (κ2) is 10.2. The van der Waals surface area contributed by atoms with Gasteiger partial charge in [0.1, 0.15) is 0 Å². The third-order valence-electron chi connectivity index (χ3n) is 5.11. The highest BCUT2D eigenvalue weighted by molar-refractivity contribution is 7.89. The molecule has 1 aliphatic heterocycles. The first-order valence-corrected chi connectivity index (χ1v) is 12.1. The predicted molar refractivity (Wildman–Crippen MR) is 126 cm³/mol. The fourth-order valence-electron chi connectivity index (χ4n) is 3.47. The first kappa shape index (κ1) is 23.2. The van der Waals surface area contributed by atoms with Crippen molar-refractivity contribution in [2.75, 3.05) is 23.8 Å². The van der Waals surface area contributed by atoms with E-state index in [1.54, 1.807) is 59.8 Å². The lowest BCUT2D eigenvalue weighted by Crippen LogP contribution is -2.41. The number of nitrogens with zero attached hydrogens (tertiary/aromatic N) is 1. The summed E-state index contributed by atoms with van der Waals surface area (Å²) in [6.07, 6.45) is 2.84. The monoisotopic (exact) mass is 461 g/mol. The highest BCUT2D eigenvalue weighted by Gasteiger charge is 2.30. The van der Waals surface area contributed by atoms with Crippen LogP contribution in [0.3, 0.4) is 0 Å². The fraction of sp³-hybridized carbons (Fsp3) is 0.364. The molecule has 9 heteroatoms. The van der Waals surface area contributed by atoms with Crippen molar-refractivity contribution < 1.29 is 17.9 Å². The minimum Gasteiger partial charge on any atom is -0.462 e. The van der Waals surface area contributed by atoms with E-state index < -0.39 is 10.0 Å². The van der Waals surface area contributed by atoms with Crippen molar-refractivity contribution in [3.63, 3.8) is 0 Å². The highest BCUT2D eigenvalue weighted by Crippen LogP contribution is 2.26. The van der Waals surface area contributed by atoms with Crippen LogP contribution in [0.5, 0.6) is 0 Å². The third-order valence-corrected chi connectivity index (χ3v) is 7.35. The number of nitrogens with one attached hydrogen (secondary N) is 2. The van der Waals surface area contributed by atoms with Crippen LogP contribution >= 0.6 is 12.2 Å². The summed E-state index contributed by atoms with van der Waals surface area (Å²) < 4.78 is 32.4. The number of carbonyl (C=O) groups excluding carboxylic acids is 1. The molecule has 1 heterocycles. The van der Waals surface area contributed by atoms with Gasteiger partial charge in [0, 0.05) is 24.0 Å². The van der Waals surface area contributed by atoms with Gasteiger partial charge in [-0.25, -0.2) is 13.2 Å². The van der Waals surface area contributed by atoms with Crippen molar-refractivity contribution >= 4 is 44.7 Å². The number of hydrogen-bond acceptors (Lipinski definition) is 5. The maximum atomic E-state index is 12.9. The number of thiocarbonyl (C=S) groups is 1. The van der Waals surface area contributed by atoms with E-state index >= 15 is 0 Å². The number of ether oxygens (including phenoxy) is 1. The molecule has 0 aromatic heterocycles. The SMILES string of the molecule is CCOC(=O)c1ccc(NC(=S)Nc2ccc(S(=O)(=O)N3CCCC[C@H]3C)cc2)cc1. The van der Waals surface area contributed by atoms with Crippen LogP contribution in [0.2, 0.25) is 0 Å². The van der Waals surface area contributed by atoms with Gasteiger partial charge in [-0.1, -0.05) is 6.42 Å². The molecule has 0 saturated carbocycles.